The van der Waals surface area contributed by atoms with Crippen LogP contribution in [0, 0.1) is 0 Å². The molecule has 3 aromatic rings. The molecule has 106 valence electrons. The Morgan fingerprint density at radius 2 is 1.86 bits per heavy atom. The van der Waals surface area contributed by atoms with Crippen molar-refractivity contribution in [2.75, 3.05) is 18.2 Å². The number of pyridine rings is 1. The summed E-state index contributed by atoms with van der Waals surface area (Å²) in [6.07, 6.45) is 1.75. The SMILES string of the molecule is COc1ccc(CNc2nc3ccccc3nc2N)cn1. The van der Waals surface area contributed by atoms with E-state index in [9.17, 15) is 0 Å². The summed E-state index contributed by atoms with van der Waals surface area (Å²) < 4.78 is 5.03. The molecular weight excluding hydrogens is 266 g/mol. The molecule has 0 radical (unpaired) electrons. The van der Waals surface area contributed by atoms with Crippen LogP contribution in [0.25, 0.3) is 11.0 Å². The molecule has 0 aliphatic heterocycles. The lowest BCUT2D eigenvalue weighted by Crippen LogP contribution is -2.06. The van der Waals surface area contributed by atoms with Crippen LogP contribution in [0.3, 0.4) is 0 Å². The van der Waals surface area contributed by atoms with E-state index in [1.807, 2.05) is 36.4 Å². The zero-order valence-corrected chi connectivity index (χ0v) is 11.6. The molecule has 0 spiro atoms. The van der Waals surface area contributed by atoms with Crippen LogP contribution in [0.5, 0.6) is 5.88 Å². The van der Waals surface area contributed by atoms with Gasteiger partial charge in [-0.15, -0.1) is 0 Å². The lowest BCUT2D eigenvalue weighted by molar-refractivity contribution is 0.397. The minimum Gasteiger partial charge on any atom is -0.481 e. The van der Waals surface area contributed by atoms with E-state index in [2.05, 4.69) is 20.3 Å². The normalized spacial score (nSPS) is 10.5. The number of methoxy groups -OCH3 is 1. The van der Waals surface area contributed by atoms with Crippen molar-refractivity contribution in [1.82, 2.24) is 15.0 Å². The second-order valence-corrected chi connectivity index (χ2v) is 4.51. The highest BCUT2D eigenvalue weighted by Crippen LogP contribution is 2.19. The summed E-state index contributed by atoms with van der Waals surface area (Å²) in [5.41, 5.74) is 8.52. The summed E-state index contributed by atoms with van der Waals surface area (Å²) in [5.74, 6) is 1.54. The molecule has 1 aromatic carbocycles. The van der Waals surface area contributed by atoms with Crippen LogP contribution >= 0.6 is 0 Å². The van der Waals surface area contributed by atoms with E-state index in [1.165, 1.54) is 0 Å². The fourth-order valence-corrected chi connectivity index (χ4v) is 1.97. The van der Waals surface area contributed by atoms with Crippen molar-refractivity contribution in [3.05, 3.63) is 48.2 Å². The molecule has 0 fully saturated rings. The molecule has 0 saturated heterocycles. The van der Waals surface area contributed by atoms with Gasteiger partial charge in [0.1, 0.15) is 0 Å². The quantitative estimate of drug-likeness (QED) is 0.762. The molecule has 6 heteroatoms. The molecule has 0 aliphatic carbocycles. The number of hydrogen-bond acceptors (Lipinski definition) is 6. The zero-order chi connectivity index (χ0) is 14.7. The Morgan fingerprint density at radius 1 is 1.10 bits per heavy atom. The highest BCUT2D eigenvalue weighted by Gasteiger charge is 2.05. The van der Waals surface area contributed by atoms with Gasteiger partial charge in [-0.05, 0) is 17.7 Å². The van der Waals surface area contributed by atoms with Crippen LogP contribution in [0.2, 0.25) is 0 Å². The van der Waals surface area contributed by atoms with Crippen molar-refractivity contribution in [2.45, 2.75) is 6.54 Å². The monoisotopic (exact) mass is 281 g/mol. The van der Waals surface area contributed by atoms with E-state index in [-0.39, 0.29) is 0 Å². The first kappa shape index (κ1) is 13.1. The Hall–Kier alpha value is -2.89. The van der Waals surface area contributed by atoms with Gasteiger partial charge in [0, 0.05) is 18.8 Å². The number of ether oxygens (including phenoxy) is 1. The Bertz CT molecular complexity index is 758. The minimum atomic E-state index is 0.384. The summed E-state index contributed by atoms with van der Waals surface area (Å²) in [6, 6.07) is 11.4. The molecule has 2 aromatic heterocycles. The number of hydrogen-bond donors (Lipinski definition) is 2. The predicted molar refractivity (Wildman–Crippen MR) is 82.1 cm³/mol. The van der Waals surface area contributed by atoms with E-state index in [0.29, 0.717) is 24.1 Å². The van der Waals surface area contributed by atoms with Crippen LogP contribution in [-0.4, -0.2) is 22.1 Å². The predicted octanol–water partition coefficient (Wildman–Crippen LogP) is 2.23. The molecule has 21 heavy (non-hydrogen) atoms. The second-order valence-electron chi connectivity index (χ2n) is 4.51. The number of anilines is 2. The number of nitrogens with two attached hydrogens (primary N) is 1. The van der Waals surface area contributed by atoms with Gasteiger partial charge in [0.2, 0.25) is 5.88 Å². The molecule has 3 rings (SSSR count). The van der Waals surface area contributed by atoms with Crippen LogP contribution in [0.15, 0.2) is 42.6 Å². The number of nitrogens with zero attached hydrogens (tertiary/aromatic N) is 3. The molecule has 0 atom stereocenters. The smallest absolute Gasteiger partial charge is 0.212 e. The summed E-state index contributed by atoms with van der Waals surface area (Å²) >= 11 is 0. The molecule has 0 unspecified atom stereocenters. The average molecular weight is 281 g/mol. The third kappa shape index (κ3) is 2.84. The number of fused-ring (bicyclic) bond motifs is 1. The number of aromatic nitrogens is 3. The van der Waals surface area contributed by atoms with Crippen molar-refractivity contribution in [1.29, 1.82) is 0 Å². The first-order valence-electron chi connectivity index (χ1n) is 6.51. The number of rotatable bonds is 4. The average Bonchev–Trinajstić information content (AvgIpc) is 2.53. The zero-order valence-electron chi connectivity index (χ0n) is 11.6. The Kier molecular flexibility index (Phi) is 3.51. The van der Waals surface area contributed by atoms with E-state index in [1.54, 1.807) is 13.3 Å². The maximum atomic E-state index is 5.92. The number of nitrogen functional groups attached to an aromatic ring is 1. The molecule has 2 heterocycles. The number of para-hydroxylation sites is 2. The molecule has 3 N–H and O–H groups in total. The van der Waals surface area contributed by atoms with Gasteiger partial charge < -0.3 is 15.8 Å². The standard InChI is InChI=1S/C15H15N5O/c1-21-13-7-6-10(8-17-13)9-18-15-14(16)19-11-4-2-3-5-12(11)20-15/h2-8H,9H2,1H3,(H2,16,19)(H,18,20). The van der Waals surface area contributed by atoms with E-state index < -0.39 is 0 Å². The van der Waals surface area contributed by atoms with Crippen molar-refractivity contribution in [3.8, 4) is 5.88 Å². The van der Waals surface area contributed by atoms with Crippen molar-refractivity contribution < 1.29 is 4.74 Å². The lowest BCUT2D eigenvalue weighted by Gasteiger charge is -2.09. The molecular formula is C15H15N5O. The maximum Gasteiger partial charge on any atom is 0.212 e. The van der Waals surface area contributed by atoms with Crippen LogP contribution in [-0.2, 0) is 6.54 Å². The van der Waals surface area contributed by atoms with E-state index >= 15 is 0 Å². The molecule has 0 aliphatic rings. The van der Waals surface area contributed by atoms with Crippen LogP contribution in [0.1, 0.15) is 5.56 Å². The van der Waals surface area contributed by atoms with E-state index in [0.717, 1.165) is 16.6 Å². The third-order valence-corrected chi connectivity index (χ3v) is 3.06. The van der Waals surface area contributed by atoms with Crippen molar-refractivity contribution >= 4 is 22.7 Å². The Balaban J connectivity index is 1.79. The summed E-state index contributed by atoms with van der Waals surface area (Å²) in [5, 5.41) is 3.18. The fourth-order valence-electron chi connectivity index (χ4n) is 1.97. The van der Waals surface area contributed by atoms with Gasteiger partial charge in [-0.3, -0.25) is 0 Å². The van der Waals surface area contributed by atoms with Gasteiger partial charge >= 0.3 is 0 Å². The highest BCUT2D eigenvalue weighted by atomic mass is 16.5. The number of benzene rings is 1. The van der Waals surface area contributed by atoms with Gasteiger partial charge in [-0.2, -0.15) is 0 Å². The van der Waals surface area contributed by atoms with Crippen molar-refractivity contribution in [2.24, 2.45) is 0 Å². The molecule has 6 nitrogen and oxygen atoms in total. The van der Waals surface area contributed by atoms with E-state index in [4.69, 9.17) is 10.5 Å². The molecule has 0 bridgehead atoms. The summed E-state index contributed by atoms with van der Waals surface area (Å²) in [4.78, 5) is 13.0. The lowest BCUT2D eigenvalue weighted by atomic mass is 10.3. The highest BCUT2D eigenvalue weighted by molar-refractivity contribution is 5.79. The summed E-state index contributed by atoms with van der Waals surface area (Å²) in [6.45, 7) is 0.564. The fraction of sp³-hybridized carbons (Fsp3) is 0.133. The van der Waals surface area contributed by atoms with Crippen molar-refractivity contribution in [3.63, 3.8) is 0 Å². The Morgan fingerprint density at radius 3 is 2.52 bits per heavy atom. The first-order chi connectivity index (χ1) is 10.3. The number of nitrogens with one attached hydrogen (secondary N) is 1. The van der Waals surface area contributed by atoms with Crippen LogP contribution < -0.4 is 15.8 Å². The molecule has 0 amide bonds. The maximum absolute atomic E-state index is 5.92. The second kappa shape index (κ2) is 5.62. The molecule has 0 saturated carbocycles. The van der Waals surface area contributed by atoms with Crippen LogP contribution in [0.4, 0.5) is 11.6 Å². The first-order valence-corrected chi connectivity index (χ1v) is 6.51. The largest absolute Gasteiger partial charge is 0.481 e. The van der Waals surface area contributed by atoms with Gasteiger partial charge in [0.15, 0.2) is 11.6 Å². The van der Waals surface area contributed by atoms with Gasteiger partial charge in [-0.25, -0.2) is 15.0 Å². The third-order valence-electron chi connectivity index (χ3n) is 3.06. The van der Waals surface area contributed by atoms with Gasteiger partial charge in [-0.1, -0.05) is 18.2 Å². The summed E-state index contributed by atoms with van der Waals surface area (Å²) in [7, 11) is 1.59. The Labute approximate surface area is 122 Å². The van der Waals surface area contributed by atoms with Gasteiger partial charge in [0.05, 0.1) is 18.1 Å². The topological polar surface area (TPSA) is 86.0 Å². The minimum absolute atomic E-state index is 0.384. The van der Waals surface area contributed by atoms with Gasteiger partial charge in [0.25, 0.3) is 0 Å².